The number of alkyl halides is 1. The molecule has 1 unspecified atom stereocenters. The zero-order valence-electron chi connectivity index (χ0n) is 8.77. The summed E-state index contributed by atoms with van der Waals surface area (Å²) in [7, 11) is 0. The Morgan fingerprint density at radius 2 is 2.00 bits per heavy atom. The molecule has 2 nitrogen and oxygen atoms in total. The molecule has 78 valence electrons. The van der Waals surface area contributed by atoms with E-state index in [-0.39, 0.29) is 17.3 Å². The van der Waals surface area contributed by atoms with Crippen molar-refractivity contribution in [2.45, 2.75) is 57.9 Å². The third kappa shape index (κ3) is 6.88. The molecule has 0 heterocycles. The lowest BCUT2D eigenvalue weighted by atomic mass is 10.1. The van der Waals surface area contributed by atoms with E-state index in [1.54, 1.807) is 0 Å². The normalized spacial score (nSPS) is 13.0. The van der Waals surface area contributed by atoms with Crippen LogP contribution in [0.1, 0.15) is 46.5 Å². The average Bonchev–Trinajstić information content (AvgIpc) is 2.03. The monoisotopic (exact) mass is 205 g/mol. The molecular formula is C10H20ClNO. The summed E-state index contributed by atoms with van der Waals surface area (Å²) in [4.78, 5) is 11.3. The minimum atomic E-state index is -0.353. The maximum atomic E-state index is 11.3. The van der Waals surface area contributed by atoms with Gasteiger partial charge in [-0.3, -0.25) is 4.79 Å². The fourth-order valence-electron chi connectivity index (χ4n) is 1.08. The molecule has 0 radical (unpaired) electrons. The molecule has 0 rings (SSSR count). The highest BCUT2D eigenvalue weighted by atomic mass is 35.5. The van der Waals surface area contributed by atoms with E-state index in [1.165, 1.54) is 0 Å². The van der Waals surface area contributed by atoms with E-state index in [9.17, 15) is 4.79 Å². The number of hydrogen-bond donors (Lipinski definition) is 1. The molecule has 1 amide bonds. The number of amides is 1. The zero-order valence-corrected chi connectivity index (χ0v) is 9.53. The van der Waals surface area contributed by atoms with Crippen LogP contribution in [0.2, 0.25) is 0 Å². The molecule has 0 saturated heterocycles. The minimum absolute atomic E-state index is 0.0345. The SMILES string of the molecule is CCCCCC(Cl)C(=O)NC(C)C. The van der Waals surface area contributed by atoms with E-state index < -0.39 is 0 Å². The first-order valence-electron chi connectivity index (χ1n) is 5.02. The third-order valence-electron chi connectivity index (χ3n) is 1.78. The predicted molar refractivity (Wildman–Crippen MR) is 57.1 cm³/mol. The largest absolute Gasteiger partial charge is 0.353 e. The van der Waals surface area contributed by atoms with E-state index in [0.29, 0.717) is 0 Å². The van der Waals surface area contributed by atoms with Crippen molar-refractivity contribution in [2.24, 2.45) is 0 Å². The molecule has 0 fully saturated rings. The van der Waals surface area contributed by atoms with Crippen LogP contribution in [0.3, 0.4) is 0 Å². The van der Waals surface area contributed by atoms with Gasteiger partial charge in [-0.15, -0.1) is 11.6 Å². The Balaban J connectivity index is 3.57. The molecule has 0 spiro atoms. The summed E-state index contributed by atoms with van der Waals surface area (Å²) in [5.74, 6) is -0.0345. The molecule has 0 aromatic carbocycles. The van der Waals surface area contributed by atoms with Crippen LogP contribution in [-0.2, 0) is 4.79 Å². The number of hydrogen-bond acceptors (Lipinski definition) is 1. The minimum Gasteiger partial charge on any atom is -0.353 e. The lowest BCUT2D eigenvalue weighted by molar-refractivity contribution is -0.121. The molecule has 1 atom stereocenters. The maximum Gasteiger partial charge on any atom is 0.238 e. The topological polar surface area (TPSA) is 29.1 Å². The fraction of sp³-hybridized carbons (Fsp3) is 0.900. The van der Waals surface area contributed by atoms with Crippen molar-refractivity contribution in [3.63, 3.8) is 0 Å². The Morgan fingerprint density at radius 1 is 1.38 bits per heavy atom. The molecule has 1 N–H and O–H groups in total. The highest BCUT2D eigenvalue weighted by Gasteiger charge is 2.14. The quantitative estimate of drug-likeness (QED) is 0.525. The van der Waals surface area contributed by atoms with Gasteiger partial charge in [0.25, 0.3) is 0 Å². The van der Waals surface area contributed by atoms with Crippen LogP contribution in [0.5, 0.6) is 0 Å². The maximum absolute atomic E-state index is 11.3. The molecule has 0 aliphatic heterocycles. The van der Waals surface area contributed by atoms with E-state index in [1.807, 2.05) is 13.8 Å². The Morgan fingerprint density at radius 3 is 2.46 bits per heavy atom. The van der Waals surface area contributed by atoms with Gasteiger partial charge in [0.05, 0.1) is 0 Å². The summed E-state index contributed by atoms with van der Waals surface area (Å²) in [5.41, 5.74) is 0. The van der Waals surface area contributed by atoms with Crippen molar-refractivity contribution >= 4 is 17.5 Å². The lowest BCUT2D eigenvalue weighted by Crippen LogP contribution is -2.36. The number of carbonyl (C=O) groups is 1. The summed E-state index contributed by atoms with van der Waals surface area (Å²) in [5, 5.41) is 2.45. The van der Waals surface area contributed by atoms with Crippen LogP contribution in [0, 0.1) is 0 Å². The fourth-order valence-corrected chi connectivity index (χ4v) is 1.30. The van der Waals surface area contributed by atoms with Gasteiger partial charge in [0.1, 0.15) is 5.38 Å². The van der Waals surface area contributed by atoms with Gasteiger partial charge in [0.2, 0.25) is 5.91 Å². The van der Waals surface area contributed by atoms with E-state index in [0.717, 1.165) is 25.7 Å². The average molecular weight is 206 g/mol. The smallest absolute Gasteiger partial charge is 0.238 e. The third-order valence-corrected chi connectivity index (χ3v) is 2.19. The second-order valence-electron chi connectivity index (χ2n) is 3.63. The van der Waals surface area contributed by atoms with Crippen molar-refractivity contribution in [2.75, 3.05) is 0 Å². The van der Waals surface area contributed by atoms with Gasteiger partial charge in [-0.05, 0) is 20.3 Å². The number of carbonyl (C=O) groups excluding carboxylic acids is 1. The van der Waals surface area contributed by atoms with Crippen molar-refractivity contribution in [3.8, 4) is 0 Å². The Labute approximate surface area is 86.0 Å². The van der Waals surface area contributed by atoms with Gasteiger partial charge in [-0.25, -0.2) is 0 Å². The van der Waals surface area contributed by atoms with Gasteiger partial charge in [-0.2, -0.15) is 0 Å². The molecule has 0 aliphatic carbocycles. The van der Waals surface area contributed by atoms with Gasteiger partial charge in [0, 0.05) is 6.04 Å². The second-order valence-corrected chi connectivity index (χ2v) is 4.15. The Kier molecular flexibility index (Phi) is 7.06. The molecule has 0 aliphatic rings. The van der Waals surface area contributed by atoms with E-state index in [4.69, 9.17) is 11.6 Å². The lowest BCUT2D eigenvalue weighted by Gasteiger charge is -2.12. The first-order chi connectivity index (χ1) is 6.07. The van der Waals surface area contributed by atoms with E-state index >= 15 is 0 Å². The molecule has 0 aromatic heterocycles. The van der Waals surface area contributed by atoms with Crippen LogP contribution in [0.25, 0.3) is 0 Å². The zero-order chi connectivity index (χ0) is 10.3. The number of halogens is 1. The van der Waals surface area contributed by atoms with Gasteiger partial charge in [-0.1, -0.05) is 26.2 Å². The highest BCUT2D eigenvalue weighted by Crippen LogP contribution is 2.09. The van der Waals surface area contributed by atoms with Crippen LogP contribution < -0.4 is 5.32 Å². The predicted octanol–water partition coefficient (Wildman–Crippen LogP) is 2.70. The van der Waals surface area contributed by atoms with Gasteiger partial charge >= 0.3 is 0 Å². The molecule has 3 heteroatoms. The van der Waals surface area contributed by atoms with Crippen LogP contribution >= 0.6 is 11.6 Å². The number of nitrogens with one attached hydrogen (secondary N) is 1. The number of rotatable bonds is 6. The van der Waals surface area contributed by atoms with Crippen LogP contribution in [-0.4, -0.2) is 17.3 Å². The Bertz CT molecular complexity index is 148. The second kappa shape index (κ2) is 7.19. The molecular weight excluding hydrogens is 186 g/mol. The van der Waals surface area contributed by atoms with Gasteiger partial charge < -0.3 is 5.32 Å². The highest BCUT2D eigenvalue weighted by molar-refractivity contribution is 6.30. The van der Waals surface area contributed by atoms with Crippen LogP contribution in [0.4, 0.5) is 0 Å². The van der Waals surface area contributed by atoms with Gasteiger partial charge in [0.15, 0.2) is 0 Å². The summed E-state index contributed by atoms with van der Waals surface area (Å²) in [6.45, 7) is 6.01. The van der Waals surface area contributed by atoms with Crippen molar-refractivity contribution in [3.05, 3.63) is 0 Å². The standard InChI is InChI=1S/C10H20ClNO/c1-4-5-6-7-9(11)10(13)12-8(2)3/h8-9H,4-7H2,1-3H3,(H,12,13). The van der Waals surface area contributed by atoms with Crippen molar-refractivity contribution in [1.29, 1.82) is 0 Å². The van der Waals surface area contributed by atoms with Crippen molar-refractivity contribution in [1.82, 2.24) is 5.32 Å². The summed E-state index contributed by atoms with van der Waals surface area (Å²) in [6, 6.07) is 0.180. The molecule has 13 heavy (non-hydrogen) atoms. The summed E-state index contributed by atoms with van der Waals surface area (Å²) >= 11 is 5.90. The first kappa shape index (κ1) is 12.8. The molecule has 0 saturated carbocycles. The Hall–Kier alpha value is -0.240. The summed E-state index contributed by atoms with van der Waals surface area (Å²) in [6.07, 6.45) is 4.14. The first-order valence-corrected chi connectivity index (χ1v) is 5.46. The van der Waals surface area contributed by atoms with Crippen LogP contribution in [0.15, 0.2) is 0 Å². The summed E-state index contributed by atoms with van der Waals surface area (Å²) < 4.78 is 0. The number of unbranched alkanes of at least 4 members (excludes halogenated alkanes) is 2. The van der Waals surface area contributed by atoms with E-state index in [2.05, 4.69) is 12.2 Å². The van der Waals surface area contributed by atoms with Crippen molar-refractivity contribution < 1.29 is 4.79 Å². The molecule has 0 aromatic rings. The molecule has 0 bridgehead atoms.